The number of para-hydroxylation sites is 1. The maximum atomic E-state index is 5.54. The molecular weight excluding hydrogens is 386 g/mol. The summed E-state index contributed by atoms with van der Waals surface area (Å²) < 4.78 is 11.0. The van der Waals surface area contributed by atoms with Crippen LogP contribution in [-0.2, 0) is 19.5 Å². The molecule has 0 N–H and O–H groups in total. The Morgan fingerprint density at radius 1 is 0.968 bits per heavy atom. The lowest BCUT2D eigenvalue weighted by Crippen LogP contribution is -2.49. The largest absolute Gasteiger partial charge is 0.493 e. The highest BCUT2D eigenvalue weighted by atomic mass is 16.5. The highest BCUT2D eigenvalue weighted by Gasteiger charge is 2.29. The van der Waals surface area contributed by atoms with Gasteiger partial charge in [0.2, 0.25) is 0 Å². The van der Waals surface area contributed by atoms with Crippen LogP contribution in [0.2, 0.25) is 0 Å². The van der Waals surface area contributed by atoms with Crippen molar-refractivity contribution in [3.05, 3.63) is 65.4 Å². The minimum absolute atomic E-state index is 0.593. The minimum Gasteiger partial charge on any atom is -0.493 e. The number of hydrogen-bond acceptors (Lipinski definition) is 5. The fourth-order valence-electron chi connectivity index (χ4n) is 5.11. The number of hydrogen-bond donors (Lipinski definition) is 0. The van der Waals surface area contributed by atoms with Crippen molar-refractivity contribution >= 4 is 10.9 Å². The van der Waals surface area contributed by atoms with Crippen molar-refractivity contribution in [1.82, 2.24) is 14.8 Å². The van der Waals surface area contributed by atoms with Gasteiger partial charge in [-0.25, -0.2) is 0 Å². The van der Waals surface area contributed by atoms with E-state index >= 15 is 0 Å². The fourth-order valence-corrected chi connectivity index (χ4v) is 5.11. The molecule has 0 saturated carbocycles. The SMILES string of the molecule is COc1cc2c(cc1OC)CN(C1CCCN(Cc3ccc4ccccc4n3)C1)CC2. The molecule has 1 saturated heterocycles. The molecule has 1 aromatic heterocycles. The van der Waals surface area contributed by atoms with Gasteiger partial charge in [0.1, 0.15) is 0 Å². The average molecular weight is 418 g/mol. The van der Waals surface area contributed by atoms with Gasteiger partial charge in [-0.05, 0) is 61.2 Å². The van der Waals surface area contributed by atoms with Gasteiger partial charge in [-0.2, -0.15) is 0 Å². The van der Waals surface area contributed by atoms with Gasteiger partial charge in [-0.15, -0.1) is 0 Å². The van der Waals surface area contributed by atoms with Crippen LogP contribution in [0.1, 0.15) is 29.7 Å². The van der Waals surface area contributed by atoms with E-state index in [1.54, 1.807) is 14.2 Å². The second-order valence-corrected chi connectivity index (χ2v) is 8.72. The maximum absolute atomic E-state index is 5.54. The van der Waals surface area contributed by atoms with E-state index < -0.39 is 0 Å². The van der Waals surface area contributed by atoms with Crippen LogP contribution in [-0.4, -0.2) is 54.7 Å². The van der Waals surface area contributed by atoms with Crippen LogP contribution in [0, 0.1) is 0 Å². The number of likely N-dealkylation sites (tertiary alicyclic amines) is 1. The number of benzene rings is 2. The third-order valence-corrected chi connectivity index (χ3v) is 6.79. The number of aromatic nitrogens is 1. The average Bonchev–Trinajstić information content (AvgIpc) is 2.83. The zero-order chi connectivity index (χ0) is 21.2. The van der Waals surface area contributed by atoms with Crippen molar-refractivity contribution in [2.75, 3.05) is 33.9 Å². The molecule has 3 heterocycles. The standard InChI is InChI=1S/C26H31N3O2/c1-30-25-14-20-11-13-29(16-21(20)15-26(25)31-2)23-7-5-12-28(18-23)17-22-10-9-19-6-3-4-8-24(19)27-22/h3-4,6,8-10,14-15,23H,5,7,11-13,16-18H2,1-2H3. The van der Waals surface area contributed by atoms with Gasteiger partial charge in [-0.3, -0.25) is 14.8 Å². The van der Waals surface area contributed by atoms with E-state index in [1.807, 2.05) is 0 Å². The molecule has 1 unspecified atom stereocenters. The van der Waals surface area contributed by atoms with Crippen molar-refractivity contribution < 1.29 is 9.47 Å². The first-order valence-electron chi connectivity index (χ1n) is 11.3. The fraction of sp³-hybridized carbons (Fsp3) is 0.423. The molecule has 5 heteroatoms. The summed E-state index contributed by atoms with van der Waals surface area (Å²) in [4.78, 5) is 10.1. The summed E-state index contributed by atoms with van der Waals surface area (Å²) >= 11 is 0. The third-order valence-electron chi connectivity index (χ3n) is 6.79. The summed E-state index contributed by atoms with van der Waals surface area (Å²) in [6.45, 7) is 5.28. The molecule has 5 nitrogen and oxygen atoms in total. The van der Waals surface area contributed by atoms with Crippen molar-refractivity contribution in [2.24, 2.45) is 0 Å². The van der Waals surface area contributed by atoms with Crippen molar-refractivity contribution in [2.45, 2.75) is 38.4 Å². The van der Waals surface area contributed by atoms with Crippen molar-refractivity contribution in [3.8, 4) is 11.5 Å². The number of rotatable bonds is 5. The molecular formula is C26H31N3O2. The number of piperidine rings is 1. The monoisotopic (exact) mass is 417 g/mol. The Labute approximate surface area is 184 Å². The van der Waals surface area contributed by atoms with Gasteiger partial charge in [-0.1, -0.05) is 24.3 Å². The van der Waals surface area contributed by atoms with Crippen LogP contribution in [0.5, 0.6) is 11.5 Å². The van der Waals surface area contributed by atoms with Gasteiger partial charge in [0.05, 0.1) is 25.4 Å². The zero-order valence-electron chi connectivity index (χ0n) is 18.5. The summed E-state index contributed by atoms with van der Waals surface area (Å²) in [6.07, 6.45) is 3.58. The molecule has 31 heavy (non-hydrogen) atoms. The Kier molecular flexibility index (Phi) is 5.79. The van der Waals surface area contributed by atoms with Crippen LogP contribution in [0.15, 0.2) is 48.5 Å². The van der Waals surface area contributed by atoms with Gasteiger partial charge in [0.15, 0.2) is 11.5 Å². The minimum atomic E-state index is 0.593. The number of pyridine rings is 1. The lowest BCUT2D eigenvalue weighted by Gasteiger charge is -2.41. The predicted octanol–water partition coefficient (Wildman–Crippen LogP) is 4.27. The first kappa shape index (κ1) is 20.3. The second-order valence-electron chi connectivity index (χ2n) is 8.72. The molecule has 0 aliphatic carbocycles. The molecule has 5 rings (SSSR count). The molecule has 0 bridgehead atoms. The van der Waals surface area contributed by atoms with Gasteiger partial charge in [0, 0.05) is 37.6 Å². The molecule has 2 aliphatic heterocycles. The van der Waals surface area contributed by atoms with Gasteiger partial charge in [0.25, 0.3) is 0 Å². The summed E-state index contributed by atoms with van der Waals surface area (Å²) in [6, 6.07) is 17.7. The second kappa shape index (κ2) is 8.85. The normalized spacial score (nSPS) is 19.9. The summed E-state index contributed by atoms with van der Waals surface area (Å²) in [7, 11) is 3.42. The molecule has 162 valence electrons. The highest BCUT2D eigenvalue weighted by molar-refractivity contribution is 5.78. The Morgan fingerprint density at radius 2 is 1.77 bits per heavy atom. The van der Waals surface area contributed by atoms with E-state index in [9.17, 15) is 0 Å². The number of ether oxygens (including phenoxy) is 2. The summed E-state index contributed by atoms with van der Waals surface area (Å²) in [5.74, 6) is 1.66. The molecule has 3 aromatic rings. The van der Waals surface area contributed by atoms with Crippen LogP contribution in [0.25, 0.3) is 10.9 Å². The third kappa shape index (κ3) is 4.25. The van der Waals surface area contributed by atoms with E-state index in [-0.39, 0.29) is 0 Å². The van der Waals surface area contributed by atoms with Gasteiger partial charge >= 0.3 is 0 Å². The lowest BCUT2D eigenvalue weighted by molar-refractivity contribution is 0.0831. The van der Waals surface area contributed by atoms with E-state index in [1.165, 1.54) is 35.0 Å². The highest BCUT2D eigenvalue weighted by Crippen LogP contribution is 2.34. The molecule has 1 atom stereocenters. The lowest BCUT2D eigenvalue weighted by atomic mass is 9.95. The molecule has 0 radical (unpaired) electrons. The molecule has 2 aromatic carbocycles. The van der Waals surface area contributed by atoms with Crippen LogP contribution in [0.4, 0.5) is 0 Å². The smallest absolute Gasteiger partial charge is 0.161 e. The predicted molar refractivity (Wildman–Crippen MR) is 124 cm³/mol. The molecule has 1 fully saturated rings. The Morgan fingerprint density at radius 3 is 2.61 bits per heavy atom. The Hall–Kier alpha value is -2.63. The Balaban J connectivity index is 1.27. The first-order valence-corrected chi connectivity index (χ1v) is 11.3. The van der Waals surface area contributed by atoms with Crippen molar-refractivity contribution in [1.29, 1.82) is 0 Å². The number of fused-ring (bicyclic) bond motifs is 2. The molecule has 0 spiro atoms. The zero-order valence-corrected chi connectivity index (χ0v) is 18.5. The van der Waals surface area contributed by atoms with E-state index in [0.717, 1.165) is 56.2 Å². The van der Waals surface area contributed by atoms with Crippen LogP contribution < -0.4 is 9.47 Å². The topological polar surface area (TPSA) is 37.8 Å². The van der Waals surface area contributed by atoms with Crippen LogP contribution in [0.3, 0.4) is 0 Å². The Bertz CT molecular complexity index is 1070. The number of nitrogens with zero attached hydrogens (tertiary/aromatic N) is 3. The van der Waals surface area contributed by atoms with Crippen molar-refractivity contribution in [3.63, 3.8) is 0 Å². The quantitative estimate of drug-likeness (QED) is 0.620. The molecule has 0 amide bonds. The summed E-state index contributed by atoms with van der Waals surface area (Å²) in [5, 5.41) is 1.21. The molecule has 2 aliphatic rings. The van der Waals surface area contributed by atoms with Gasteiger partial charge < -0.3 is 9.47 Å². The van der Waals surface area contributed by atoms with E-state index in [4.69, 9.17) is 14.5 Å². The first-order chi connectivity index (χ1) is 15.2. The van der Waals surface area contributed by atoms with E-state index in [0.29, 0.717) is 6.04 Å². The number of methoxy groups -OCH3 is 2. The maximum Gasteiger partial charge on any atom is 0.161 e. The van der Waals surface area contributed by atoms with Crippen LogP contribution >= 0.6 is 0 Å². The van der Waals surface area contributed by atoms with E-state index in [2.05, 4.69) is 58.3 Å². The summed E-state index contributed by atoms with van der Waals surface area (Å²) in [5.41, 5.74) is 5.02.